The van der Waals surface area contributed by atoms with Crippen LogP contribution in [0.15, 0.2) is 40.3 Å². The first kappa shape index (κ1) is 23.2. The van der Waals surface area contributed by atoms with E-state index in [2.05, 4.69) is 20.3 Å². The number of hydrogen-bond acceptors (Lipinski definition) is 8. The lowest BCUT2D eigenvalue weighted by atomic mass is 9.81. The lowest BCUT2D eigenvalue weighted by Crippen LogP contribution is -2.58. The van der Waals surface area contributed by atoms with Gasteiger partial charge in [0.25, 0.3) is 5.91 Å². The summed E-state index contributed by atoms with van der Waals surface area (Å²) >= 11 is 1.21. The molecule has 2 aliphatic heterocycles. The van der Waals surface area contributed by atoms with Gasteiger partial charge in [-0.25, -0.2) is 14.6 Å². The molecule has 2 fully saturated rings. The molecule has 0 bridgehead atoms. The van der Waals surface area contributed by atoms with Gasteiger partial charge in [-0.2, -0.15) is 4.99 Å². The molecule has 0 spiro atoms. The second kappa shape index (κ2) is 9.09. The number of nitrogens with two attached hydrogens (primary N) is 2. The van der Waals surface area contributed by atoms with E-state index in [9.17, 15) is 19.5 Å². The Hall–Kier alpha value is -4.00. The molecule has 4 rings (SSSR count). The molecule has 2 aromatic rings. The van der Waals surface area contributed by atoms with E-state index in [0.29, 0.717) is 28.5 Å². The van der Waals surface area contributed by atoms with Crippen LogP contribution in [0.2, 0.25) is 0 Å². The Morgan fingerprint density at radius 2 is 2.24 bits per heavy atom. The fraction of sp³-hybridized carbons (Fsp3) is 0.333. The Labute approximate surface area is 198 Å². The number of aromatic nitrogens is 2. The highest BCUT2D eigenvalue weighted by molar-refractivity contribution is 7.13. The third kappa shape index (κ3) is 4.55. The van der Waals surface area contributed by atoms with Gasteiger partial charge in [0.1, 0.15) is 12.6 Å². The zero-order valence-corrected chi connectivity index (χ0v) is 19.0. The number of alkyl carbamates (subject to hydrolysis) is 1. The van der Waals surface area contributed by atoms with E-state index in [-0.39, 0.29) is 31.1 Å². The molecule has 2 aromatic heterocycles. The summed E-state index contributed by atoms with van der Waals surface area (Å²) in [7, 11) is 0. The molecular weight excluding hydrogens is 462 g/mol. The average molecular weight is 486 g/mol. The van der Waals surface area contributed by atoms with E-state index < -0.39 is 23.5 Å². The molecule has 6 N–H and O–H groups in total. The van der Waals surface area contributed by atoms with Crippen LogP contribution in [0, 0.1) is 5.41 Å². The number of hydrogen-bond donors (Lipinski definition) is 4. The van der Waals surface area contributed by atoms with Gasteiger partial charge in [-0.1, -0.05) is 13.0 Å². The van der Waals surface area contributed by atoms with E-state index in [1.807, 2.05) is 0 Å². The standard InChI is InChI=1S/C21H23N7O5S/c1-21(10-33-20(32)25-8-12-9-34-19(26-12)27-18(22)23)7-14-13(6-11-4-2-3-5-24-11)16(29)28(14)15(21)17(30)31/h2-6,9,14-15H,7-8,10H2,1H3,(H,25,32)(H,30,31)(H4,22,23,26,27)/b13-6+/t14?,15-,21-/m0/s1. The number of nitrogens with zero attached hydrogens (tertiary/aromatic N) is 4. The molecule has 0 aromatic carbocycles. The molecular formula is C21H23N7O5S. The lowest BCUT2D eigenvalue weighted by Gasteiger charge is -2.40. The lowest BCUT2D eigenvalue weighted by molar-refractivity contribution is -0.155. The predicted molar refractivity (Wildman–Crippen MR) is 123 cm³/mol. The zero-order chi connectivity index (χ0) is 24.5. The largest absolute Gasteiger partial charge is 0.480 e. The minimum Gasteiger partial charge on any atom is -0.480 e. The molecule has 0 radical (unpaired) electrons. The number of fused-ring (bicyclic) bond motifs is 1. The summed E-state index contributed by atoms with van der Waals surface area (Å²) in [5.41, 5.74) is 11.3. The molecule has 178 valence electrons. The number of amides is 2. The number of thiazole rings is 1. The highest BCUT2D eigenvalue weighted by atomic mass is 32.1. The zero-order valence-electron chi connectivity index (χ0n) is 18.2. The number of rotatable bonds is 7. The van der Waals surface area contributed by atoms with Crippen LogP contribution in [0.25, 0.3) is 6.08 Å². The van der Waals surface area contributed by atoms with Crippen LogP contribution in [0.4, 0.5) is 9.93 Å². The Balaban J connectivity index is 1.39. The quantitative estimate of drug-likeness (QED) is 0.191. The van der Waals surface area contributed by atoms with Crippen LogP contribution < -0.4 is 16.8 Å². The third-order valence-electron chi connectivity index (χ3n) is 5.71. The Kier molecular flexibility index (Phi) is 6.20. The van der Waals surface area contributed by atoms with Gasteiger partial charge < -0.3 is 31.5 Å². The molecule has 3 atom stereocenters. The fourth-order valence-electron chi connectivity index (χ4n) is 4.23. The Bertz CT molecular complexity index is 1180. The van der Waals surface area contributed by atoms with E-state index in [1.165, 1.54) is 16.2 Å². The molecule has 2 aliphatic rings. The minimum absolute atomic E-state index is 0.0819. The van der Waals surface area contributed by atoms with Crippen LogP contribution in [0.3, 0.4) is 0 Å². The number of pyridine rings is 1. The van der Waals surface area contributed by atoms with Crippen molar-refractivity contribution in [2.45, 2.75) is 32.0 Å². The van der Waals surface area contributed by atoms with E-state index in [4.69, 9.17) is 16.2 Å². The van der Waals surface area contributed by atoms with Crippen molar-refractivity contribution in [1.29, 1.82) is 0 Å². The topological polar surface area (TPSA) is 186 Å². The summed E-state index contributed by atoms with van der Waals surface area (Å²) in [6, 6.07) is 3.85. The van der Waals surface area contributed by atoms with Crippen molar-refractivity contribution in [1.82, 2.24) is 20.2 Å². The first-order valence-corrected chi connectivity index (χ1v) is 11.2. The summed E-state index contributed by atoms with van der Waals surface area (Å²) in [6.07, 6.45) is 2.90. The second-order valence-electron chi connectivity index (χ2n) is 8.27. The van der Waals surface area contributed by atoms with Gasteiger partial charge in [-0.05, 0) is 24.6 Å². The molecule has 0 aliphatic carbocycles. The molecule has 12 nitrogen and oxygen atoms in total. The van der Waals surface area contributed by atoms with E-state index in [1.54, 1.807) is 42.8 Å². The van der Waals surface area contributed by atoms with Crippen molar-refractivity contribution in [3.63, 3.8) is 0 Å². The summed E-state index contributed by atoms with van der Waals surface area (Å²) in [4.78, 5) is 50.5. The Morgan fingerprint density at radius 3 is 2.91 bits per heavy atom. The number of β-lactam (4-membered cyclic amide) rings is 1. The number of carboxylic acid groups (broad SMARTS) is 1. The van der Waals surface area contributed by atoms with Gasteiger partial charge in [-0.15, -0.1) is 11.3 Å². The van der Waals surface area contributed by atoms with Gasteiger partial charge in [0.15, 0.2) is 5.96 Å². The average Bonchev–Trinajstić information content (AvgIpc) is 3.35. The van der Waals surface area contributed by atoms with Crippen LogP contribution in [0.5, 0.6) is 0 Å². The van der Waals surface area contributed by atoms with Gasteiger partial charge in [-0.3, -0.25) is 9.78 Å². The van der Waals surface area contributed by atoms with Crippen LogP contribution in [-0.2, 0) is 20.9 Å². The highest BCUT2D eigenvalue weighted by Crippen LogP contribution is 2.49. The van der Waals surface area contributed by atoms with Gasteiger partial charge in [0.2, 0.25) is 5.13 Å². The number of nitrogens with one attached hydrogen (secondary N) is 1. The van der Waals surface area contributed by atoms with Crippen LogP contribution in [0.1, 0.15) is 24.7 Å². The number of carbonyl (C=O) groups excluding carboxylic acids is 2. The highest BCUT2D eigenvalue weighted by Gasteiger charge is 2.62. The van der Waals surface area contributed by atoms with E-state index in [0.717, 1.165) is 0 Å². The smallest absolute Gasteiger partial charge is 0.407 e. The minimum atomic E-state index is -1.14. The number of carboxylic acids is 1. The van der Waals surface area contributed by atoms with Crippen molar-refractivity contribution in [2.24, 2.45) is 21.9 Å². The van der Waals surface area contributed by atoms with Gasteiger partial charge >= 0.3 is 12.1 Å². The first-order valence-electron chi connectivity index (χ1n) is 10.3. The maximum Gasteiger partial charge on any atom is 0.407 e. The fourth-order valence-corrected chi connectivity index (χ4v) is 4.93. The van der Waals surface area contributed by atoms with Crippen molar-refractivity contribution >= 4 is 46.5 Å². The normalized spacial score (nSPS) is 24.3. The number of aliphatic imine (C=N–C) groups is 1. The number of ether oxygens (including phenoxy) is 1. The third-order valence-corrected chi connectivity index (χ3v) is 6.49. The van der Waals surface area contributed by atoms with Gasteiger partial charge in [0, 0.05) is 22.6 Å². The maximum atomic E-state index is 12.7. The van der Waals surface area contributed by atoms with Crippen LogP contribution >= 0.6 is 11.3 Å². The number of aliphatic carboxylic acids is 1. The predicted octanol–water partition coefficient (Wildman–Crippen LogP) is 0.827. The van der Waals surface area contributed by atoms with E-state index >= 15 is 0 Å². The maximum absolute atomic E-state index is 12.7. The second-order valence-corrected chi connectivity index (χ2v) is 9.11. The summed E-state index contributed by atoms with van der Waals surface area (Å²) in [6.45, 7) is 1.60. The van der Waals surface area contributed by atoms with Crippen molar-refractivity contribution in [3.8, 4) is 0 Å². The monoisotopic (exact) mass is 485 g/mol. The number of guanidine groups is 1. The molecule has 2 saturated heterocycles. The SMILES string of the molecule is C[C@@]1(COC(=O)NCc2csc(N=C(N)N)n2)CC2/C(=C\c3ccccn3)C(=O)N2[C@H]1C(=O)O. The van der Waals surface area contributed by atoms with Crippen molar-refractivity contribution < 1.29 is 24.2 Å². The molecule has 0 saturated carbocycles. The summed E-state index contributed by atoms with van der Waals surface area (Å²) < 4.78 is 5.34. The molecule has 34 heavy (non-hydrogen) atoms. The molecule has 4 heterocycles. The molecule has 2 amide bonds. The summed E-state index contributed by atoms with van der Waals surface area (Å²) in [5.74, 6) is -1.61. The van der Waals surface area contributed by atoms with Gasteiger partial charge in [0.05, 0.1) is 24.0 Å². The molecule has 13 heteroatoms. The molecule has 1 unspecified atom stereocenters. The number of carbonyl (C=O) groups is 3. The van der Waals surface area contributed by atoms with Crippen molar-refractivity contribution in [2.75, 3.05) is 6.61 Å². The van der Waals surface area contributed by atoms with Crippen molar-refractivity contribution in [3.05, 3.63) is 46.7 Å². The first-order chi connectivity index (χ1) is 16.2. The van der Waals surface area contributed by atoms with Crippen LogP contribution in [-0.4, -0.2) is 62.6 Å². The Morgan fingerprint density at radius 1 is 1.44 bits per heavy atom. The summed E-state index contributed by atoms with van der Waals surface area (Å²) in [5, 5.41) is 14.4.